The number of rotatable bonds is 5. The van der Waals surface area contributed by atoms with Crippen LogP contribution in [0.2, 0.25) is 0 Å². The Bertz CT molecular complexity index is 978. The van der Waals surface area contributed by atoms with Crippen LogP contribution in [0.3, 0.4) is 0 Å². The van der Waals surface area contributed by atoms with E-state index in [1.165, 1.54) is 11.6 Å². The summed E-state index contributed by atoms with van der Waals surface area (Å²) >= 11 is 0. The molecule has 30 heavy (non-hydrogen) atoms. The summed E-state index contributed by atoms with van der Waals surface area (Å²) in [5.74, 6) is -1.30. The second-order valence-electron chi connectivity index (χ2n) is 8.47. The van der Waals surface area contributed by atoms with Crippen LogP contribution in [0, 0.1) is 11.7 Å². The molecule has 1 amide bonds. The number of benzene rings is 2. The molecule has 158 valence electrons. The van der Waals surface area contributed by atoms with Gasteiger partial charge in [-0.05, 0) is 66.6 Å². The van der Waals surface area contributed by atoms with E-state index in [0.717, 1.165) is 42.4 Å². The predicted octanol–water partition coefficient (Wildman–Crippen LogP) is 3.87. The maximum atomic E-state index is 13.3. The maximum absolute atomic E-state index is 13.3. The summed E-state index contributed by atoms with van der Waals surface area (Å²) in [5, 5.41) is 14.1. The molecule has 5 nitrogen and oxygen atoms in total. The zero-order chi connectivity index (χ0) is 21.1. The number of carboxylic acids is 1. The number of carboxylic acid groups (broad SMARTS) is 1. The second-order valence-corrected chi connectivity index (χ2v) is 8.47. The Morgan fingerprint density at radius 2 is 1.83 bits per heavy atom. The van der Waals surface area contributed by atoms with Gasteiger partial charge in [0.05, 0.1) is 5.92 Å². The van der Waals surface area contributed by atoms with Crippen molar-refractivity contribution >= 4 is 22.6 Å². The van der Waals surface area contributed by atoms with Crippen molar-refractivity contribution in [2.75, 3.05) is 13.1 Å². The summed E-state index contributed by atoms with van der Waals surface area (Å²) in [4.78, 5) is 25.7. The van der Waals surface area contributed by atoms with E-state index in [1.807, 2.05) is 12.1 Å². The fourth-order valence-electron chi connectivity index (χ4n) is 4.52. The van der Waals surface area contributed by atoms with Crippen LogP contribution in [-0.4, -0.2) is 41.0 Å². The number of likely N-dealkylation sites (tertiary alicyclic amines) is 1. The van der Waals surface area contributed by atoms with E-state index in [4.69, 9.17) is 5.11 Å². The van der Waals surface area contributed by atoms with E-state index < -0.39 is 5.97 Å². The van der Waals surface area contributed by atoms with Gasteiger partial charge >= 0.3 is 5.97 Å². The molecular formula is C24H27FN2O3. The van der Waals surface area contributed by atoms with Crippen molar-refractivity contribution < 1.29 is 19.1 Å². The molecule has 1 aliphatic heterocycles. The summed E-state index contributed by atoms with van der Waals surface area (Å²) in [6.45, 7) is 2.53. The van der Waals surface area contributed by atoms with E-state index in [0.29, 0.717) is 25.7 Å². The van der Waals surface area contributed by atoms with Crippen molar-refractivity contribution in [3.63, 3.8) is 0 Å². The number of carbonyl (C=O) groups is 2. The van der Waals surface area contributed by atoms with E-state index in [-0.39, 0.29) is 23.7 Å². The van der Waals surface area contributed by atoms with Crippen molar-refractivity contribution in [1.82, 2.24) is 10.2 Å². The van der Waals surface area contributed by atoms with E-state index in [9.17, 15) is 14.0 Å². The molecule has 1 atom stereocenters. The normalized spacial score (nSPS) is 22.2. The lowest BCUT2D eigenvalue weighted by atomic mass is 9.86. The average Bonchev–Trinajstić information content (AvgIpc) is 3.15. The standard InChI is InChI=1S/C24H27FN2O3/c25-21-8-7-19-11-17(3-6-20(19)13-21)14-27-10-9-22(15-27)26-23(28)12-16-1-4-18(5-2-16)24(29)30/h3,6-8,11-13,18,22H,1-2,4-5,9-10,14-15H2,(H,26,28)(H,29,30)/t18?,22-/m1/s1. The molecule has 0 spiro atoms. The molecular weight excluding hydrogens is 383 g/mol. The molecule has 2 aromatic rings. The van der Waals surface area contributed by atoms with Gasteiger partial charge in [-0.2, -0.15) is 0 Å². The summed E-state index contributed by atoms with van der Waals surface area (Å²) in [7, 11) is 0. The van der Waals surface area contributed by atoms with Gasteiger partial charge in [-0.3, -0.25) is 14.5 Å². The van der Waals surface area contributed by atoms with E-state index in [2.05, 4.69) is 16.3 Å². The Kier molecular flexibility index (Phi) is 6.13. The van der Waals surface area contributed by atoms with Crippen LogP contribution < -0.4 is 5.32 Å². The van der Waals surface area contributed by atoms with Gasteiger partial charge in [0.1, 0.15) is 5.82 Å². The largest absolute Gasteiger partial charge is 0.481 e. The molecule has 0 radical (unpaired) electrons. The lowest BCUT2D eigenvalue weighted by molar-refractivity contribution is -0.142. The lowest BCUT2D eigenvalue weighted by Gasteiger charge is -2.20. The third-order valence-corrected chi connectivity index (χ3v) is 6.20. The Morgan fingerprint density at radius 3 is 2.60 bits per heavy atom. The summed E-state index contributed by atoms with van der Waals surface area (Å²) in [6, 6.07) is 11.0. The Morgan fingerprint density at radius 1 is 1.10 bits per heavy atom. The highest BCUT2D eigenvalue weighted by molar-refractivity contribution is 5.88. The van der Waals surface area contributed by atoms with Gasteiger partial charge in [-0.15, -0.1) is 0 Å². The molecule has 2 aromatic carbocycles. The topological polar surface area (TPSA) is 69.6 Å². The lowest BCUT2D eigenvalue weighted by Crippen LogP contribution is -2.36. The Balaban J connectivity index is 1.27. The van der Waals surface area contributed by atoms with Crippen molar-refractivity contribution in [3.8, 4) is 0 Å². The molecule has 4 rings (SSSR count). The number of hydrogen-bond donors (Lipinski definition) is 2. The molecule has 0 unspecified atom stereocenters. The van der Waals surface area contributed by atoms with Crippen molar-refractivity contribution in [3.05, 3.63) is 59.4 Å². The highest BCUT2D eigenvalue weighted by Crippen LogP contribution is 2.28. The highest BCUT2D eigenvalue weighted by Gasteiger charge is 2.25. The minimum atomic E-state index is -0.733. The first kappa shape index (κ1) is 20.5. The van der Waals surface area contributed by atoms with Gasteiger partial charge in [-0.1, -0.05) is 23.8 Å². The van der Waals surface area contributed by atoms with Crippen LogP contribution in [0.4, 0.5) is 4.39 Å². The maximum Gasteiger partial charge on any atom is 0.306 e. The fraction of sp³-hybridized carbons (Fsp3) is 0.417. The van der Waals surface area contributed by atoms with Gasteiger partial charge in [0.2, 0.25) is 5.91 Å². The second kappa shape index (κ2) is 8.96. The number of allylic oxidation sites excluding steroid dienone is 1. The monoisotopic (exact) mass is 410 g/mol. The fourth-order valence-corrected chi connectivity index (χ4v) is 4.52. The number of nitrogens with zero attached hydrogens (tertiary/aromatic N) is 1. The van der Waals surface area contributed by atoms with Crippen LogP contribution in [0.5, 0.6) is 0 Å². The first-order chi connectivity index (χ1) is 14.5. The first-order valence-corrected chi connectivity index (χ1v) is 10.6. The summed E-state index contributed by atoms with van der Waals surface area (Å²) in [6.07, 6.45) is 5.19. The minimum absolute atomic E-state index is 0.0710. The smallest absolute Gasteiger partial charge is 0.306 e. The number of aliphatic carboxylic acids is 1. The third kappa shape index (κ3) is 5.05. The number of halogens is 1. The van der Waals surface area contributed by atoms with Crippen molar-refractivity contribution in [1.29, 1.82) is 0 Å². The van der Waals surface area contributed by atoms with E-state index >= 15 is 0 Å². The van der Waals surface area contributed by atoms with Gasteiger partial charge in [0, 0.05) is 31.8 Å². The van der Waals surface area contributed by atoms with Crippen LogP contribution in [0.25, 0.3) is 10.8 Å². The third-order valence-electron chi connectivity index (χ3n) is 6.20. The molecule has 2 fully saturated rings. The average molecular weight is 410 g/mol. The molecule has 1 heterocycles. The van der Waals surface area contributed by atoms with Gasteiger partial charge in [0.15, 0.2) is 0 Å². The van der Waals surface area contributed by atoms with Crippen LogP contribution in [0.15, 0.2) is 48.0 Å². The molecule has 1 saturated heterocycles. The van der Waals surface area contributed by atoms with Crippen LogP contribution in [0.1, 0.15) is 37.7 Å². The zero-order valence-corrected chi connectivity index (χ0v) is 16.9. The number of fused-ring (bicyclic) bond motifs is 1. The highest BCUT2D eigenvalue weighted by atomic mass is 19.1. The number of nitrogens with one attached hydrogen (secondary N) is 1. The summed E-state index contributed by atoms with van der Waals surface area (Å²) < 4.78 is 13.3. The number of carbonyl (C=O) groups excluding carboxylic acids is 1. The number of amides is 1. The zero-order valence-electron chi connectivity index (χ0n) is 16.9. The SMILES string of the molecule is O=C(C=C1CCC(C(=O)O)CC1)N[C@@H]1CCN(Cc2ccc3cc(F)ccc3c2)C1. The summed E-state index contributed by atoms with van der Waals surface area (Å²) in [5.41, 5.74) is 2.23. The molecule has 1 aliphatic carbocycles. The molecule has 2 N–H and O–H groups in total. The first-order valence-electron chi connectivity index (χ1n) is 10.6. The molecule has 0 aromatic heterocycles. The quantitative estimate of drug-likeness (QED) is 0.735. The van der Waals surface area contributed by atoms with Gasteiger partial charge < -0.3 is 10.4 Å². The van der Waals surface area contributed by atoms with Crippen LogP contribution in [-0.2, 0) is 16.1 Å². The Hall–Kier alpha value is -2.73. The minimum Gasteiger partial charge on any atom is -0.481 e. The Labute approximate surface area is 175 Å². The molecule has 6 heteroatoms. The van der Waals surface area contributed by atoms with Crippen LogP contribution >= 0.6 is 0 Å². The predicted molar refractivity (Wildman–Crippen MR) is 113 cm³/mol. The molecule has 0 bridgehead atoms. The van der Waals surface area contributed by atoms with Gasteiger partial charge in [0.25, 0.3) is 0 Å². The van der Waals surface area contributed by atoms with E-state index in [1.54, 1.807) is 18.2 Å². The number of hydrogen-bond acceptors (Lipinski definition) is 3. The van der Waals surface area contributed by atoms with Gasteiger partial charge in [-0.25, -0.2) is 4.39 Å². The van der Waals surface area contributed by atoms with Crippen molar-refractivity contribution in [2.24, 2.45) is 5.92 Å². The molecule has 2 aliphatic rings. The molecule has 1 saturated carbocycles. The van der Waals surface area contributed by atoms with Crippen molar-refractivity contribution in [2.45, 2.75) is 44.7 Å².